The maximum absolute atomic E-state index is 10.8. The molecule has 0 saturated heterocycles. The molecule has 0 aromatic carbocycles. The summed E-state index contributed by atoms with van der Waals surface area (Å²) in [6, 6.07) is -0.741. The van der Waals surface area contributed by atoms with Crippen molar-refractivity contribution in [3.8, 4) is 0 Å². The largest absolute Gasteiger partial charge is 0.396 e. The van der Waals surface area contributed by atoms with Gasteiger partial charge in [-0.25, -0.2) is 0 Å². The van der Waals surface area contributed by atoms with Crippen LogP contribution in [0.4, 0.5) is 0 Å². The van der Waals surface area contributed by atoms with Crippen LogP contribution >= 0.6 is 0 Å². The summed E-state index contributed by atoms with van der Waals surface area (Å²) in [5.41, 5.74) is 5.29. The Balaban J connectivity index is 3.64. The highest BCUT2D eigenvalue weighted by Crippen LogP contribution is 1.86. The number of nitrogens with two attached hydrogens (primary N) is 1. The fraction of sp³-hybridized carbons (Fsp3) is 0.833. The van der Waals surface area contributed by atoms with Crippen LogP contribution in [0.1, 0.15) is 13.3 Å². The van der Waals surface area contributed by atoms with Crippen molar-refractivity contribution in [3.05, 3.63) is 0 Å². The number of hydrogen-bond donors (Lipinski definition) is 4. The Hall–Kier alpha value is -0.650. The monoisotopic (exact) mass is 162 g/mol. The van der Waals surface area contributed by atoms with Crippen LogP contribution in [0.2, 0.25) is 0 Å². The molecule has 11 heavy (non-hydrogen) atoms. The summed E-state index contributed by atoms with van der Waals surface area (Å²) >= 11 is 0. The maximum atomic E-state index is 10.8. The van der Waals surface area contributed by atoms with Crippen LogP contribution in [0, 0.1) is 0 Å². The van der Waals surface area contributed by atoms with Crippen LogP contribution in [0.5, 0.6) is 0 Å². The van der Waals surface area contributed by atoms with Gasteiger partial charge in [-0.15, -0.1) is 0 Å². The van der Waals surface area contributed by atoms with E-state index in [9.17, 15) is 4.79 Å². The molecule has 0 aromatic heterocycles. The number of nitrogens with one attached hydrogen (secondary N) is 1. The molecular weight excluding hydrogens is 148 g/mol. The molecule has 5 nitrogen and oxygen atoms in total. The second kappa shape index (κ2) is 5.06. The van der Waals surface area contributed by atoms with Crippen LogP contribution in [0.25, 0.3) is 0 Å². The van der Waals surface area contributed by atoms with E-state index in [-0.39, 0.29) is 13.0 Å². The lowest BCUT2D eigenvalue weighted by Crippen LogP contribution is -2.44. The second-order valence-corrected chi connectivity index (χ2v) is 2.30. The van der Waals surface area contributed by atoms with Gasteiger partial charge in [0.2, 0.25) is 5.91 Å². The average molecular weight is 162 g/mol. The van der Waals surface area contributed by atoms with Gasteiger partial charge in [0.15, 0.2) is 0 Å². The van der Waals surface area contributed by atoms with Gasteiger partial charge in [-0.3, -0.25) is 4.79 Å². The molecule has 1 unspecified atom stereocenters. The number of aliphatic hydroxyl groups excluding tert-OH is 2. The fourth-order valence-electron chi connectivity index (χ4n) is 0.583. The molecule has 0 rings (SSSR count). The average Bonchev–Trinajstić information content (AvgIpc) is 1.86. The second-order valence-electron chi connectivity index (χ2n) is 2.30. The number of rotatable bonds is 4. The van der Waals surface area contributed by atoms with Gasteiger partial charge in [0.05, 0.1) is 6.04 Å². The SMILES string of the molecule is CC(O)NC(=O)[C@@H](N)CCO. The van der Waals surface area contributed by atoms with Crippen molar-refractivity contribution in [2.45, 2.75) is 25.6 Å². The van der Waals surface area contributed by atoms with E-state index >= 15 is 0 Å². The molecule has 5 N–H and O–H groups in total. The Bertz CT molecular complexity index is 127. The molecule has 0 aliphatic carbocycles. The van der Waals surface area contributed by atoms with E-state index in [2.05, 4.69) is 5.32 Å². The summed E-state index contributed by atoms with van der Waals surface area (Å²) in [6.45, 7) is 1.29. The maximum Gasteiger partial charge on any atom is 0.238 e. The van der Waals surface area contributed by atoms with E-state index in [1.54, 1.807) is 0 Å². The van der Waals surface area contributed by atoms with Crippen molar-refractivity contribution in [2.24, 2.45) is 5.73 Å². The lowest BCUT2D eigenvalue weighted by atomic mass is 10.2. The Morgan fingerprint density at radius 3 is 2.64 bits per heavy atom. The van der Waals surface area contributed by atoms with Gasteiger partial charge in [0.1, 0.15) is 6.23 Å². The zero-order valence-corrected chi connectivity index (χ0v) is 6.45. The van der Waals surface area contributed by atoms with Gasteiger partial charge in [-0.05, 0) is 13.3 Å². The van der Waals surface area contributed by atoms with Crippen molar-refractivity contribution in [3.63, 3.8) is 0 Å². The third-order valence-electron chi connectivity index (χ3n) is 1.13. The molecule has 0 radical (unpaired) electrons. The molecule has 5 heteroatoms. The van der Waals surface area contributed by atoms with Crippen molar-refractivity contribution in [1.82, 2.24) is 5.32 Å². The van der Waals surface area contributed by atoms with Gasteiger partial charge in [0.25, 0.3) is 0 Å². The molecule has 66 valence electrons. The molecule has 2 atom stereocenters. The minimum absolute atomic E-state index is 0.131. The summed E-state index contributed by atoms with van der Waals surface area (Å²) in [6.07, 6.45) is -0.689. The highest BCUT2D eigenvalue weighted by molar-refractivity contribution is 5.81. The third-order valence-corrected chi connectivity index (χ3v) is 1.13. The number of carbonyl (C=O) groups excluding carboxylic acids is 1. The molecule has 0 fully saturated rings. The lowest BCUT2D eigenvalue weighted by molar-refractivity contribution is -0.125. The van der Waals surface area contributed by atoms with E-state index in [4.69, 9.17) is 15.9 Å². The normalized spacial score (nSPS) is 15.6. The van der Waals surface area contributed by atoms with Gasteiger partial charge >= 0.3 is 0 Å². The molecule has 0 saturated carbocycles. The zero-order chi connectivity index (χ0) is 8.85. The zero-order valence-electron chi connectivity index (χ0n) is 6.45. The van der Waals surface area contributed by atoms with E-state index < -0.39 is 18.2 Å². The first-order chi connectivity index (χ1) is 5.07. The minimum atomic E-state index is -0.896. The lowest BCUT2D eigenvalue weighted by Gasteiger charge is -2.12. The van der Waals surface area contributed by atoms with E-state index in [0.717, 1.165) is 0 Å². The van der Waals surface area contributed by atoms with Crippen molar-refractivity contribution in [2.75, 3.05) is 6.61 Å². The Morgan fingerprint density at radius 1 is 1.73 bits per heavy atom. The van der Waals surface area contributed by atoms with Crippen LogP contribution in [0.3, 0.4) is 0 Å². The molecule has 0 aromatic rings. The predicted molar refractivity (Wildman–Crippen MR) is 39.5 cm³/mol. The molecule has 0 aliphatic heterocycles. The molecule has 1 amide bonds. The van der Waals surface area contributed by atoms with E-state index in [1.807, 2.05) is 0 Å². The predicted octanol–water partition coefficient (Wildman–Crippen LogP) is -1.85. The van der Waals surface area contributed by atoms with Crippen molar-refractivity contribution < 1.29 is 15.0 Å². The molecule has 0 bridgehead atoms. The number of amides is 1. The molecule has 0 heterocycles. The topological polar surface area (TPSA) is 95.6 Å². The van der Waals surface area contributed by atoms with Crippen molar-refractivity contribution >= 4 is 5.91 Å². The smallest absolute Gasteiger partial charge is 0.238 e. The van der Waals surface area contributed by atoms with Gasteiger partial charge < -0.3 is 21.3 Å². The summed E-state index contributed by atoms with van der Waals surface area (Å²) < 4.78 is 0. The van der Waals surface area contributed by atoms with Gasteiger partial charge in [0, 0.05) is 6.61 Å². The summed E-state index contributed by atoms with van der Waals surface area (Å²) in [4.78, 5) is 10.8. The standard InChI is InChI=1S/C6H14N2O3/c1-4(10)8-6(11)5(7)2-3-9/h4-5,9-10H,2-3,7H2,1H3,(H,8,11)/t4?,5-/m0/s1. The number of hydrogen-bond acceptors (Lipinski definition) is 4. The Morgan fingerprint density at radius 2 is 2.27 bits per heavy atom. The third kappa shape index (κ3) is 4.72. The first-order valence-electron chi connectivity index (χ1n) is 3.42. The van der Waals surface area contributed by atoms with Crippen molar-refractivity contribution in [1.29, 1.82) is 0 Å². The summed E-state index contributed by atoms with van der Waals surface area (Å²) in [5, 5.41) is 19.3. The summed E-state index contributed by atoms with van der Waals surface area (Å²) in [7, 11) is 0. The van der Waals surface area contributed by atoms with Crippen LogP contribution in [-0.2, 0) is 4.79 Å². The number of carbonyl (C=O) groups is 1. The van der Waals surface area contributed by atoms with E-state index in [1.165, 1.54) is 6.92 Å². The Kier molecular flexibility index (Phi) is 4.76. The minimum Gasteiger partial charge on any atom is -0.396 e. The highest BCUT2D eigenvalue weighted by atomic mass is 16.3. The fourth-order valence-corrected chi connectivity index (χ4v) is 0.583. The van der Waals surface area contributed by atoms with E-state index in [0.29, 0.717) is 0 Å². The van der Waals surface area contributed by atoms with Gasteiger partial charge in [-0.1, -0.05) is 0 Å². The molecule has 0 spiro atoms. The molecular formula is C6H14N2O3. The summed E-state index contributed by atoms with van der Waals surface area (Å²) in [5.74, 6) is -0.450. The van der Waals surface area contributed by atoms with Gasteiger partial charge in [-0.2, -0.15) is 0 Å². The quantitative estimate of drug-likeness (QED) is 0.365. The van der Waals surface area contributed by atoms with Crippen LogP contribution in [0.15, 0.2) is 0 Å². The van der Waals surface area contributed by atoms with Crippen LogP contribution in [-0.4, -0.2) is 35.0 Å². The molecule has 0 aliphatic rings. The highest BCUT2D eigenvalue weighted by Gasteiger charge is 2.12. The Labute approximate surface area is 65.2 Å². The first kappa shape index (κ1) is 10.3. The number of aliphatic hydroxyl groups is 2. The van der Waals surface area contributed by atoms with Crippen LogP contribution < -0.4 is 11.1 Å². The first-order valence-corrected chi connectivity index (χ1v) is 3.42.